The Labute approximate surface area is 139 Å². The van der Waals surface area contributed by atoms with Gasteiger partial charge in [-0.05, 0) is 59.5 Å². The fraction of sp³-hybridized carbons (Fsp3) is 0.222. The van der Waals surface area contributed by atoms with Gasteiger partial charge >= 0.3 is 0 Å². The number of anilines is 1. The zero-order valence-corrected chi connectivity index (χ0v) is 13.4. The molecule has 1 aliphatic rings. The molecule has 0 saturated heterocycles. The Hall–Kier alpha value is -3.02. The number of para-hydroxylation sites is 1. The van der Waals surface area contributed by atoms with Crippen LogP contribution in [0.4, 0.5) is 5.69 Å². The number of aryl methyl sites for hydroxylation is 2. The number of fused-ring (bicyclic) bond motifs is 1. The zero-order valence-electron chi connectivity index (χ0n) is 13.4. The molecule has 0 spiro atoms. The largest absolute Gasteiger partial charge is 0.308 e. The summed E-state index contributed by atoms with van der Waals surface area (Å²) in [6.45, 7) is 2.80. The quantitative estimate of drug-likeness (QED) is 0.728. The zero-order chi connectivity index (χ0) is 16.5. The van der Waals surface area contributed by atoms with Gasteiger partial charge in [0.05, 0.1) is 11.4 Å². The van der Waals surface area contributed by atoms with Gasteiger partial charge in [-0.15, -0.1) is 5.10 Å². The number of hydrogen-bond acceptors (Lipinski definition) is 4. The number of tetrazole rings is 1. The van der Waals surface area contributed by atoms with Crippen molar-refractivity contribution in [3.63, 3.8) is 0 Å². The average Bonchev–Trinajstić information content (AvgIpc) is 3.16. The molecule has 24 heavy (non-hydrogen) atoms. The Bertz CT molecular complexity index is 888. The van der Waals surface area contributed by atoms with Gasteiger partial charge < -0.3 is 4.90 Å². The van der Waals surface area contributed by atoms with Crippen molar-refractivity contribution in [1.82, 2.24) is 20.2 Å². The molecule has 1 amide bonds. The lowest BCUT2D eigenvalue weighted by Crippen LogP contribution is -2.36. The van der Waals surface area contributed by atoms with E-state index in [2.05, 4.69) is 40.6 Å². The predicted octanol–water partition coefficient (Wildman–Crippen LogP) is 2.56. The summed E-state index contributed by atoms with van der Waals surface area (Å²) < 4.78 is 1.55. The summed E-state index contributed by atoms with van der Waals surface area (Å²) in [5.41, 5.74) is 4.84. The van der Waals surface area contributed by atoms with Gasteiger partial charge in [-0.25, -0.2) is 4.68 Å². The number of aromatic nitrogens is 4. The molecule has 2 aromatic carbocycles. The van der Waals surface area contributed by atoms with Crippen molar-refractivity contribution >= 4 is 11.6 Å². The topological polar surface area (TPSA) is 63.9 Å². The van der Waals surface area contributed by atoms with E-state index in [9.17, 15) is 4.79 Å². The summed E-state index contributed by atoms with van der Waals surface area (Å²) >= 11 is 0. The van der Waals surface area contributed by atoms with Gasteiger partial charge in [-0.1, -0.05) is 24.3 Å². The van der Waals surface area contributed by atoms with E-state index in [1.807, 2.05) is 29.2 Å². The van der Waals surface area contributed by atoms with E-state index in [0.717, 1.165) is 36.3 Å². The molecule has 0 N–H and O–H groups in total. The summed E-state index contributed by atoms with van der Waals surface area (Å²) in [6, 6.07) is 13.6. The normalized spacial score (nSPS) is 13.6. The van der Waals surface area contributed by atoms with Crippen LogP contribution < -0.4 is 4.90 Å². The molecule has 0 unspecified atom stereocenters. The van der Waals surface area contributed by atoms with Gasteiger partial charge in [0.1, 0.15) is 6.33 Å². The lowest BCUT2D eigenvalue weighted by Gasteiger charge is -2.31. The Morgan fingerprint density at radius 3 is 2.88 bits per heavy atom. The van der Waals surface area contributed by atoms with Crippen molar-refractivity contribution < 1.29 is 4.79 Å². The minimum Gasteiger partial charge on any atom is -0.308 e. The summed E-state index contributed by atoms with van der Waals surface area (Å²) in [4.78, 5) is 15.0. The molecule has 0 saturated carbocycles. The minimum absolute atomic E-state index is 0.0141. The number of carbonyl (C=O) groups excluding carboxylic acids is 1. The van der Waals surface area contributed by atoms with Crippen LogP contribution in [0.5, 0.6) is 0 Å². The second-order valence-electron chi connectivity index (χ2n) is 5.95. The highest BCUT2D eigenvalue weighted by molar-refractivity contribution is 6.07. The first-order valence-electron chi connectivity index (χ1n) is 7.98. The lowest BCUT2D eigenvalue weighted by molar-refractivity contribution is 0.0985. The fourth-order valence-electron chi connectivity index (χ4n) is 3.27. The van der Waals surface area contributed by atoms with Crippen molar-refractivity contribution in [2.45, 2.75) is 19.8 Å². The average molecular weight is 319 g/mol. The van der Waals surface area contributed by atoms with Crippen LogP contribution in [0.2, 0.25) is 0 Å². The Balaban J connectivity index is 1.72. The lowest BCUT2D eigenvalue weighted by atomic mass is 9.97. The maximum atomic E-state index is 13.1. The summed E-state index contributed by atoms with van der Waals surface area (Å²) in [5.74, 6) is 0.0141. The molecule has 0 fully saturated rings. The minimum atomic E-state index is 0.0141. The molecular weight excluding hydrogens is 302 g/mol. The number of benzene rings is 2. The van der Waals surface area contributed by atoms with Crippen LogP contribution in [0.3, 0.4) is 0 Å². The van der Waals surface area contributed by atoms with Crippen molar-refractivity contribution in [3.05, 3.63) is 65.5 Å². The van der Waals surface area contributed by atoms with E-state index in [0.29, 0.717) is 5.56 Å². The van der Waals surface area contributed by atoms with Gasteiger partial charge in [0.15, 0.2) is 0 Å². The summed E-state index contributed by atoms with van der Waals surface area (Å²) in [7, 11) is 0. The third kappa shape index (κ3) is 2.46. The van der Waals surface area contributed by atoms with Crippen LogP contribution in [0.1, 0.15) is 27.9 Å². The molecular formula is C18H17N5O. The van der Waals surface area contributed by atoms with Crippen LogP contribution in [0.15, 0.2) is 48.8 Å². The van der Waals surface area contributed by atoms with E-state index in [-0.39, 0.29) is 5.91 Å². The van der Waals surface area contributed by atoms with Gasteiger partial charge in [0, 0.05) is 12.1 Å². The van der Waals surface area contributed by atoms with E-state index in [1.54, 1.807) is 4.68 Å². The predicted molar refractivity (Wildman–Crippen MR) is 90.3 cm³/mol. The Kier molecular flexibility index (Phi) is 3.57. The molecule has 1 aromatic heterocycles. The molecule has 0 radical (unpaired) electrons. The molecule has 3 aromatic rings. The van der Waals surface area contributed by atoms with E-state index in [4.69, 9.17) is 0 Å². The fourth-order valence-corrected chi connectivity index (χ4v) is 3.27. The number of amides is 1. The molecule has 0 atom stereocenters. The third-order valence-corrected chi connectivity index (χ3v) is 4.37. The molecule has 2 heterocycles. The number of hydrogen-bond donors (Lipinski definition) is 0. The van der Waals surface area contributed by atoms with Gasteiger partial charge in [0.25, 0.3) is 5.91 Å². The first-order chi connectivity index (χ1) is 11.7. The molecule has 120 valence electrons. The van der Waals surface area contributed by atoms with E-state index >= 15 is 0 Å². The van der Waals surface area contributed by atoms with Gasteiger partial charge in [-0.3, -0.25) is 4.79 Å². The van der Waals surface area contributed by atoms with Crippen molar-refractivity contribution in [2.75, 3.05) is 11.4 Å². The van der Waals surface area contributed by atoms with E-state index in [1.165, 1.54) is 11.9 Å². The smallest absolute Gasteiger partial charge is 0.258 e. The highest BCUT2D eigenvalue weighted by Crippen LogP contribution is 2.31. The molecule has 0 bridgehead atoms. The molecule has 1 aliphatic heterocycles. The van der Waals surface area contributed by atoms with Crippen LogP contribution in [-0.2, 0) is 6.42 Å². The first-order valence-corrected chi connectivity index (χ1v) is 7.98. The molecule has 0 aliphatic carbocycles. The van der Waals surface area contributed by atoms with Gasteiger partial charge in [-0.2, -0.15) is 0 Å². The summed E-state index contributed by atoms with van der Waals surface area (Å²) in [5, 5.41) is 11.2. The second-order valence-corrected chi connectivity index (χ2v) is 5.95. The molecule has 4 rings (SSSR count). The van der Waals surface area contributed by atoms with Crippen molar-refractivity contribution in [2.24, 2.45) is 0 Å². The maximum absolute atomic E-state index is 13.1. The highest BCUT2D eigenvalue weighted by atomic mass is 16.2. The second kappa shape index (κ2) is 5.88. The van der Waals surface area contributed by atoms with Crippen LogP contribution in [0.25, 0.3) is 5.69 Å². The Morgan fingerprint density at radius 1 is 1.17 bits per heavy atom. The third-order valence-electron chi connectivity index (χ3n) is 4.37. The monoisotopic (exact) mass is 319 g/mol. The van der Waals surface area contributed by atoms with Gasteiger partial charge in [0.2, 0.25) is 0 Å². The van der Waals surface area contributed by atoms with Crippen LogP contribution in [-0.4, -0.2) is 32.7 Å². The number of nitrogens with zero attached hydrogens (tertiary/aromatic N) is 5. The molecule has 6 nitrogen and oxygen atoms in total. The number of rotatable bonds is 2. The molecule has 6 heteroatoms. The summed E-state index contributed by atoms with van der Waals surface area (Å²) in [6.07, 6.45) is 3.52. The van der Waals surface area contributed by atoms with Crippen molar-refractivity contribution in [3.8, 4) is 5.69 Å². The van der Waals surface area contributed by atoms with Crippen LogP contribution in [0, 0.1) is 6.92 Å². The SMILES string of the molecule is Cc1cccc2c1N(C(=O)c1cccc(-n3cnnn3)c1)CCC2. The van der Waals surface area contributed by atoms with Crippen LogP contribution >= 0.6 is 0 Å². The maximum Gasteiger partial charge on any atom is 0.258 e. The van der Waals surface area contributed by atoms with E-state index < -0.39 is 0 Å². The standard InChI is InChI=1S/C18H17N5O/c1-13-5-2-6-14-8-4-10-22(17(13)14)18(24)15-7-3-9-16(11-15)23-12-19-20-21-23/h2-3,5-7,9,11-12H,4,8,10H2,1H3. The van der Waals surface area contributed by atoms with Crippen molar-refractivity contribution in [1.29, 1.82) is 0 Å². The Morgan fingerprint density at radius 2 is 2.04 bits per heavy atom. The number of carbonyl (C=O) groups is 1. The first kappa shape index (κ1) is 14.6. The highest BCUT2D eigenvalue weighted by Gasteiger charge is 2.25.